The van der Waals surface area contributed by atoms with Crippen molar-refractivity contribution in [3.8, 4) is 5.75 Å². The Morgan fingerprint density at radius 1 is 1.43 bits per heavy atom. The van der Waals surface area contributed by atoms with E-state index in [1.54, 1.807) is 18.2 Å². The molecule has 0 unspecified atom stereocenters. The van der Waals surface area contributed by atoms with Gasteiger partial charge in [0.25, 0.3) is 5.78 Å². The average Bonchev–Trinajstić information content (AvgIpc) is 2.43. The Kier molecular flexibility index (Phi) is 5.34. The monoisotopic (exact) mass is 302 g/mol. The van der Waals surface area contributed by atoms with Crippen LogP contribution in [-0.4, -0.2) is 43.9 Å². The number of carbonyl (C=O) groups excluding carboxylic acids is 1. The lowest BCUT2D eigenvalue weighted by Crippen LogP contribution is -2.23. The van der Waals surface area contributed by atoms with Crippen molar-refractivity contribution in [1.29, 1.82) is 0 Å². The zero-order valence-electron chi connectivity index (χ0n) is 12.3. The van der Waals surface area contributed by atoms with Crippen molar-refractivity contribution in [2.75, 3.05) is 20.7 Å². The van der Waals surface area contributed by atoms with E-state index in [0.29, 0.717) is 11.3 Å². The number of hydrogen-bond acceptors (Lipinski definition) is 3. The van der Waals surface area contributed by atoms with Gasteiger partial charge in [-0.2, -0.15) is 13.2 Å². The summed E-state index contributed by atoms with van der Waals surface area (Å²) in [6.45, 7) is 4.26. The highest BCUT2D eigenvalue weighted by Gasteiger charge is 2.41. The maximum absolute atomic E-state index is 12.5. The number of aryl methyl sites for hydroxylation is 1. The van der Waals surface area contributed by atoms with E-state index in [1.807, 2.05) is 14.0 Å². The molecule has 0 aromatic heterocycles. The van der Waals surface area contributed by atoms with Crippen LogP contribution in [0.5, 0.6) is 5.75 Å². The molecule has 116 valence electrons. The van der Waals surface area contributed by atoms with Crippen LogP contribution in [-0.2, 0) is 0 Å². The van der Waals surface area contributed by atoms with Gasteiger partial charge in [0.05, 0.1) is 24.7 Å². The summed E-state index contributed by atoms with van der Waals surface area (Å²) in [7, 11) is 3.03. The topological polar surface area (TPSA) is 41.9 Å². The molecule has 21 heavy (non-hydrogen) atoms. The molecule has 0 heterocycles. The van der Waals surface area contributed by atoms with Crippen molar-refractivity contribution in [1.82, 2.24) is 4.90 Å². The number of carbonyl (C=O) groups is 1. The maximum Gasteiger partial charge on any atom is 0.455 e. The number of rotatable bonds is 5. The molecule has 0 fully saturated rings. The number of ether oxygens (including phenoxy) is 1. The molecule has 0 aliphatic carbocycles. The Bertz CT molecular complexity index is 554. The number of aliphatic imine (C=N–C) groups is 1. The van der Waals surface area contributed by atoms with E-state index in [9.17, 15) is 18.0 Å². The fourth-order valence-electron chi connectivity index (χ4n) is 1.56. The number of halogens is 3. The minimum atomic E-state index is -4.94. The summed E-state index contributed by atoms with van der Waals surface area (Å²) < 4.78 is 42.5. The van der Waals surface area contributed by atoms with Gasteiger partial charge in [-0.1, -0.05) is 0 Å². The lowest BCUT2D eigenvalue weighted by molar-refractivity contribution is -0.0886. The van der Waals surface area contributed by atoms with Crippen molar-refractivity contribution in [2.45, 2.75) is 20.0 Å². The summed E-state index contributed by atoms with van der Waals surface area (Å²) in [5.41, 5.74) is 0.403. The maximum atomic E-state index is 12.5. The SMILES string of the molecule is CCN(C)/C=N/c1cc(OC)c(C(=O)C(F)(F)F)cc1C. The van der Waals surface area contributed by atoms with E-state index in [1.165, 1.54) is 13.2 Å². The Labute approximate surface area is 121 Å². The van der Waals surface area contributed by atoms with Crippen molar-refractivity contribution in [2.24, 2.45) is 4.99 Å². The van der Waals surface area contributed by atoms with Crippen molar-refractivity contribution in [3.63, 3.8) is 0 Å². The van der Waals surface area contributed by atoms with E-state index in [-0.39, 0.29) is 5.75 Å². The molecule has 4 nitrogen and oxygen atoms in total. The molecule has 7 heteroatoms. The van der Waals surface area contributed by atoms with Gasteiger partial charge in [-0.05, 0) is 25.5 Å². The molecule has 1 aromatic carbocycles. The second-order valence-electron chi connectivity index (χ2n) is 4.48. The van der Waals surface area contributed by atoms with Crippen LogP contribution in [0.3, 0.4) is 0 Å². The minimum Gasteiger partial charge on any atom is -0.496 e. The molecule has 0 radical (unpaired) electrons. The van der Waals surface area contributed by atoms with Gasteiger partial charge in [0.2, 0.25) is 0 Å². The summed E-state index contributed by atoms with van der Waals surface area (Å²) >= 11 is 0. The van der Waals surface area contributed by atoms with Crippen LogP contribution in [0.25, 0.3) is 0 Å². The molecular weight excluding hydrogens is 285 g/mol. The number of alkyl halides is 3. The summed E-state index contributed by atoms with van der Waals surface area (Å²) in [5.74, 6) is -2.07. The first-order valence-corrected chi connectivity index (χ1v) is 6.25. The Morgan fingerprint density at radius 2 is 2.05 bits per heavy atom. The van der Waals surface area contributed by atoms with Crippen LogP contribution < -0.4 is 4.74 Å². The van der Waals surface area contributed by atoms with Gasteiger partial charge in [-0.25, -0.2) is 4.99 Å². The molecule has 0 bridgehead atoms. The zero-order valence-corrected chi connectivity index (χ0v) is 12.3. The van der Waals surface area contributed by atoms with Crippen LogP contribution in [0.1, 0.15) is 22.8 Å². The molecule has 0 spiro atoms. The normalized spacial score (nSPS) is 11.8. The summed E-state index contributed by atoms with van der Waals surface area (Å²) in [6.07, 6.45) is -3.38. The third-order valence-electron chi connectivity index (χ3n) is 2.91. The highest BCUT2D eigenvalue weighted by atomic mass is 19.4. The second kappa shape index (κ2) is 6.60. The van der Waals surface area contributed by atoms with Crippen molar-refractivity contribution in [3.05, 3.63) is 23.3 Å². The summed E-state index contributed by atoms with van der Waals surface area (Å²) in [4.78, 5) is 17.4. The first kappa shape index (κ1) is 17.0. The van der Waals surface area contributed by atoms with Gasteiger partial charge in [0.1, 0.15) is 5.75 Å². The van der Waals surface area contributed by atoms with E-state index < -0.39 is 17.5 Å². The Hall–Kier alpha value is -2.05. The van der Waals surface area contributed by atoms with Crippen LogP contribution in [0.15, 0.2) is 17.1 Å². The fourth-order valence-corrected chi connectivity index (χ4v) is 1.56. The smallest absolute Gasteiger partial charge is 0.455 e. The summed E-state index contributed by atoms with van der Waals surface area (Å²) in [5, 5.41) is 0. The van der Waals surface area contributed by atoms with Crippen LogP contribution in [0.2, 0.25) is 0 Å². The standard InChI is InChI=1S/C14H17F3N2O2/c1-5-19(3)8-18-11-7-12(21-4)10(6-9(11)2)13(20)14(15,16)17/h6-8H,5H2,1-4H3/b18-8+. The predicted octanol–water partition coefficient (Wildman–Crippen LogP) is 3.36. The predicted molar refractivity (Wildman–Crippen MR) is 74.6 cm³/mol. The molecule has 1 aromatic rings. The van der Waals surface area contributed by atoms with Gasteiger partial charge < -0.3 is 9.64 Å². The fraction of sp³-hybridized carbons (Fsp3) is 0.429. The van der Waals surface area contributed by atoms with E-state index in [0.717, 1.165) is 12.6 Å². The third kappa shape index (κ3) is 4.21. The minimum absolute atomic E-state index is 0.144. The van der Waals surface area contributed by atoms with E-state index >= 15 is 0 Å². The Balaban J connectivity index is 3.26. The van der Waals surface area contributed by atoms with Crippen molar-refractivity contribution >= 4 is 17.8 Å². The van der Waals surface area contributed by atoms with E-state index in [2.05, 4.69) is 4.99 Å². The lowest BCUT2D eigenvalue weighted by Gasteiger charge is -2.13. The average molecular weight is 302 g/mol. The molecule has 0 aliphatic rings. The number of nitrogens with zero attached hydrogens (tertiary/aromatic N) is 2. The molecule has 0 aliphatic heterocycles. The molecule has 1 rings (SSSR count). The van der Waals surface area contributed by atoms with Gasteiger partial charge in [-0.3, -0.25) is 4.79 Å². The third-order valence-corrected chi connectivity index (χ3v) is 2.91. The van der Waals surface area contributed by atoms with Crippen LogP contribution in [0, 0.1) is 6.92 Å². The van der Waals surface area contributed by atoms with Gasteiger partial charge in [0.15, 0.2) is 0 Å². The van der Waals surface area contributed by atoms with Gasteiger partial charge >= 0.3 is 6.18 Å². The molecular formula is C14H17F3N2O2. The number of benzene rings is 1. The molecule has 0 saturated heterocycles. The van der Waals surface area contributed by atoms with Crippen LogP contribution >= 0.6 is 0 Å². The van der Waals surface area contributed by atoms with Crippen molar-refractivity contribution < 1.29 is 22.7 Å². The van der Waals surface area contributed by atoms with Gasteiger partial charge in [0, 0.05) is 19.7 Å². The lowest BCUT2D eigenvalue weighted by atomic mass is 10.0. The second-order valence-corrected chi connectivity index (χ2v) is 4.48. The largest absolute Gasteiger partial charge is 0.496 e. The number of ketones is 1. The molecule has 0 N–H and O–H groups in total. The van der Waals surface area contributed by atoms with Gasteiger partial charge in [-0.15, -0.1) is 0 Å². The van der Waals surface area contributed by atoms with Crippen LogP contribution in [0.4, 0.5) is 18.9 Å². The quantitative estimate of drug-likeness (QED) is 0.476. The highest BCUT2D eigenvalue weighted by molar-refractivity contribution is 6.03. The zero-order chi connectivity index (χ0) is 16.2. The number of hydrogen-bond donors (Lipinski definition) is 0. The number of methoxy groups -OCH3 is 1. The first-order chi connectivity index (χ1) is 9.70. The molecule has 0 atom stereocenters. The first-order valence-electron chi connectivity index (χ1n) is 6.25. The highest BCUT2D eigenvalue weighted by Crippen LogP contribution is 2.33. The Morgan fingerprint density at radius 3 is 2.52 bits per heavy atom. The summed E-state index contributed by atoms with van der Waals surface area (Å²) in [6, 6.07) is 2.47. The molecule has 0 amide bonds. The number of Topliss-reactive ketones (excluding diaryl/α,β-unsaturated/α-hetero) is 1. The molecule has 0 saturated carbocycles. The van der Waals surface area contributed by atoms with E-state index in [4.69, 9.17) is 4.74 Å².